The van der Waals surface area contributed by atoms with Crippen LogP contribution in [0.5, 0.6) is 0 Å². The fourth-order valence-corrected chi connectivity index (χ4v) is 2.59. The predicted octanol–water partition coefficient (Wildman–Crippen LogP) is 2.52. The highest BCUT2D eigenvalue weighted by Gasteiger charge is 2.15. The zero-order valence-electron chi connectivity index (χ0n) is 13.8. The van der Waals surface area contributed by atoms with Crippen LogP contribution in [0, 0.1) is 5.92 Å². The van der Waals surface area contributed by atoms with E-state index in [1.54, 1.807) is 0 Å². The Morgan fingerprint density at radius 2 is 1.96 bits per heavy atom. The number of rotatable bonds is 6. The Morgan fingerprint density at radius 3 is 2.48 bits per heavy atom. The van der Waals surface area contributed by atoms with E-state index in [1.165, 1.54) is 12.8 Å². The van der Waals surface area contributed by atoms with E-state index in [0.717, 1.165) is 24.5 Å². The molecule has 23 heavy (non-hydrogen) atoms. The molecule has 1 saturated heterocycles. The molecule has 1 aliphatic rings. The molecule has 2 heterocycles. The summed E-state index contributed by atoms with van der Waals surface area (Å²) >= 11 is 0. The van der Waals surface area contributed by atoms with Gasteiger partial charge in [-0.25, -0.2) is 4.98 Å². The number of halogens is 2. The van der Waals surface area contributed by atoms with Gasteiger partial charge in [0.25, 0.3) is 0 Å². The molecule has 1 atom stereocenters. The number of hydrogen-bond acceptors (Lipinski definition) is 4. The lowest BCUT2D eigenvalue weighted by Crippen LogP contribution is -2.41. The molecular weight excluding hydrogens is 335 g/mol. The number of carbonyl (C=O) groups excluding carboxylic acids is 1. The molecule has 1 amide bonds. The minimum absolute atomic E-state index is 0. The zero-order valence-corrected chi connectivity index (χ0v) is 15.5. The average Bonchev–Trinajstić information content (AvgIpc) is 2.98. The minimum Gasteiger partial charge on any atom is -0.357 e. The van der Waals surface area contributed by atoms with Crippen molar-refractivity contribution in [3.8, 4) is 0 Å². The van der Waals surface area contributed by atoms with Gasteiger partial charge in [0.1, 0.15) is 5.82 Å². The van der Waals surface area contributed by atoms with Gasteiger partial charge in [0.2, 0.25) is 5.91 Å². The van der Waals surface area contributed by atoms with Crippen LogP contribution in [0.3, 0.4) is 0 Å². The van der Waals surface area contributed by atoms with Crippen LogP contribution in [0.25, 0.3) is 0 Å². The van der Waals surface area contributed by atoms with E-state index < -0.39 is 6.04 Å². The predicted molar refractivity (Wildman–Crippen MR) is 99.5 cm³/mol. The van der Waals surface area contributed by atoms with Crippen molar-refractivity contribution < 1.29 is 4.79 Å². The fraction of sp³-hybridized carbons (Fsp3) is 0.625. The first-order valence-corrected chi connectivity index (χ1v) is 7.79. The third-order valence-electron chi connectivity index (χ3n) is 3.77. The number of carbonyl (C=O) groups is 1. The second kappa shape index (κ2) is 10.7. The van der Waals surface area contributed by atoms with E-state index in [2.05, 4.69) is 29.0 Å². The number of amides is 1. The molecule has 0 radical (unpaired) electrons. The van der Waals surface area contributed by atoms with Crippen molar-refractivity contribution in [3.05, 3.63) is 23.9 Å². The summed E-state index contributed by atoms with van der Waals surface area (Å²) in [6.45, 7) is 6.79. The number of hydrogen-bond donors (Lipinski definition) is 2. The Balaban J connectivity index is 0.00000242. The van der Waals surface area contributed by atoms with Crippen LogP contribution in [-0.2, 0) is 11.3 Å². The van der Waals surface area contributed by atoms with Crippen LogP contribution in [0.2, 0.25) is 0 Å². The van der Waals surface area contributed by atoms with Crippen molar-refractivity contribution in [2.45, 2.75) is 45.7 Å². The largest absolute Gasteiger partial charge is 0.357 e. The molecule has 1 aromatic rings. The normalized spacial score (nSPS) is 14.9. The van der Waals surface area contributed by atoms with E-state index in [4.69, 9.17) is 5.73 Å². The van der Waals surface area contributed by atoms with Crippen LogP contribution in [0.15, 0.2) is 18.3 Å². The van der Waals surface area contributed by atoms with E-state index >= 15 is 0 Å². The van der Waals surface area contributed by atoms with Gasteiger partial charge in [-0.3, -0.25) is 4.79 Å². The molecule has 0 unspecified atom stereocenters. The third-order valence-corrected chi connectivity index (χ3v) is 3.77. The van der Waals surface area contributed by atoms with Crippen LogP contribution in [0.1, 0.15) is 38.7 Å². The topological polar surface area (TPSA) is 71.2 Å². The molecule has 1 aliphatic heterocycles. The van der Waals surface area contributed by atoms with Gasteiger partial charge in [-0.05, 0) is 36.8 Å². The van der Waals surface area contributed by atoms with E-state index in [1.807, 2.05) is 18.3 Å². The summed E-state index contributed by atoms with van der Waals surface area (Å²) in [4.78, 5) is 18.6. The standard InChI is InChI=1S/C16H26N4O.2ClH/c1-12(2)9-14(17)16(21)19-11-13-5-6-15(18-10-13)20-7-3-4-8-20;;/h5-6,10,12,14H,3-4,7-9,11,17H2,1-2H3,(H,19,21);2*1H/t14-;;/m0../s1. The summed E-state index contributed by atoms with van der Waals surface area (Å²) in [6, 6.07) is 3.62. The summed E-state index contributed by atoms with van der Waals surface area (Å²) in [7, 11) is 0. The van der Waals surface area contributed by atoms with Crippen molar-refractivity contribution in [1.29, 1.82) is 0 Å². The van der Waals surface area contributed by atoms with Gasteiger partial charge in [0.05, 0.1) is 6.04 Å². The van der Waals surface area contributed by atoms with Crippen molar-refractivity contribution >= 4 is 36.5 Å². The number of pyridine rings is 1. The van der Waals surface area contributed by atoms with Crippen LogP contribution < -0.4 is 16.0 Å². The number of anilines is 1. The molecule has 2 rings (SSSR count). The Labute approximate surface area is 151 Å². The molecule has 1 aromatic heterocycles. The first kappa shape index (κ1) is 22.0. The summed E-state index contributed by atoms with van der Waals surface area (Å²) in [5, 5.41) is 2.88. The summed E-state index contributed by atoms with van der Waals surface area (Å²) in [5.41, 5.74) is 6.86. The molecule has 5 nitrogen and oxygen atoms in total. The van der Waals surface area contributed by atoms with Gasteiger partial charge in [-0.15, -0.1) is 24.8 Å². The van der Waals surface area contributed by atoms with Gasteiger partial charge in [-0.2, -0.15) is 0 Å². The maximum atomic E-state index is 11.9. The van der Waals surface area contributed by atoms with Gasteiger partial charge < -0.3 is 16.0 Å². The third kappa shape index (κ3) is 6.94. The smallest absolute Gasteiger partial charge is 0.237 e. The highest BCUT2D eigenvalue weighted by molar-refractivity contribution is 5.85. The van der Waals surface area contributed by atoms with E-state index in [-0.39, 0.29) is 30.7 Å². The van der Waals surface area contributed by atoms with E-state index in [9.17, 15) is 4.79 Å². The highest BCUT2D eigenvalue weighted by Crippen LogP contribution is 2.17. The molecule has 0 saturated carbocycles. The Kier molecular flexibility index (Phi) is 10.2. The molecule has 1 fully saturated rings. The maximum absolute atomic E-state index is 11.9. The zero-order chi connectivity index (χ0) is 15.2. The van der Waals surface area contributed by atoms with Crippen LogP contribution in [0.4, 0.5) is 5.82 Å². The molecule has 0 aliphatic carbocycles. The molecule has 3 N–H and O–H groups in total. The average molecular weight is 363 g/mol. The SMILES string of the molecule is CC(C)C[C@H](N)C(=O)NCc1ccc(N2CCCC2)nc1.Cl.Cl. The van der Waals surface area contributed by atoms with Crippen molar-refractivity contribution in [2.75, 3.05) is 18.0 Å². The summed E-state index contributed by atoms with van der Waals surface area (Å²) < 4.78 is 0. The van der Waals surface area contributed by atoms with Crippen molar-refractivity contribution in [3.63, 3.8) is 0 Å². The quantitative estimate of drug-likeness (QED) is 0.815. The summed E-state index contributed by atoms with van der Waals surface area (Å²) in [5.74, 6) is 1.36. The molecule has 132 valence electrons. The lowest BCUT2D eigenvalue weighted by molar-refractivity contribution is -0.122. The van der Waals surface area contributed by atoms with Gasteiger partial charge in [0.15, 0.2) is 0 Å². The number of aromatic nitrogens is 1. The monoisotopic (exact) mass is 362 g/mol. The maximum Gasteiger partial charge on any atom is 0.237 e. The van der Waals surface area contributed by atoms with Gasteiger partial charge in [0, 0.05) is 25.8 Å². The second-order valence-electron chi connectivity index (χ2n) is 6.17. The number of nitrogens with zero attached hydrogens (tertiary/aromatic N) is 2. The Morgan fingerprint density at radius 1 is 1.30 bits per heavy atom. The molecule has 0 bridgehead atoms. The molecular formula is C16H28Cl2N4O. The highest BCUT2D eigenvalue weighted by atomic mass is 35.5. The lowest BCUT2D eigenvalue weighted by atomic mass is 10.0. The second-order valence-corrected chi connectivity index (χ2v) is 6.17. The van der Waals surface area contributed by atoms with Crippen molar-refractivity contribution in [1.82, 2.24) is 10.3 Å². The van der Waals surface area contributed by atoms with Crippen LogP contribution in [-0.4, -0.2) is 30.0 Å². The Bertz CT molecular complexity index is 462. The van der Waals surface area contributed by atoms with Crippen LogP contribution >= 0.6 is 24.8 Å². The molecule has 0 spiro atoms. The summed E-state index contributed by atoms with van der Waals surface area (Å²) in [6.07, 6.45) is 5.03. The fourth-order valence-electron chi connectivity index (χ4n) is 2.59. The van der Waals surface area contributed by atoms with Crippen molar-refractivity contribution in [2.24, 2.45) is 11.7 Å². The van der Waals surface area contributed by atoms with Gasteiger partial charge >= 0.3 is 0 Å². The Hall–Kier alpha value is -1.04. The minimum atomic E-state index is -0.429. The lowest BCUT2D eigenvalue weighted by Gasteiger charge is -2.17. The molecule has 0 aromatic carbocycles. The van der Waals surface area contributed by atoms with E-state index in [0.29, 0.717) is 18.9 Å². The first-order chi connectivity index (χ1) is 10.1. The van der Waals surface area contributed by atoms with Gasteiger partial charge in [-0.1, -0.05) is 19.9 Å². The number of nitrogens with two attached hydrogens (primary N) is 1. The first-order valence-electron chi connectivity index (χ1n) is 7.79. The molecule has 7 heteroatoms. The number of nitrogens with one attached hydrogen (secondary N) is 1.